The molecule has 0 aromatic carbocycles. The van der Waals surface area contributed by atoms with Gasteiger partial charge in [0.1, 0.15) is 12.6 Å². The molecule has 4 heteroatoms. The zero-order valence-electron chi connectivity index (χ0n) is 6.28. The molecule has 0 rings (SSSR count). The molecular weight excluding hydrogens is 146 g/mol. The van der Waals surface area contributed by atoms with Gasteiger partial charge < -0.3 is 15.6 Å². The summed E-state index contributed by atoms with van der Waals surface area (Å²) in [6, 6.07) is -1.01. The lowest BCUT2D eigenvalue weighted by Crippen LogP contribution is -2.41. The van der Waals surface area contributed by atoms with Crippen LogP contribution in [0.5, 0.6) is 0 Å². The Morgan fingerprint density at radius 3 is 2.82 bits per heavy atom. The van der Waals surface area contributed by atoms with Crippen molar-refractivity contribution in [3.05, 3.63) is 0 Å². The van der Waals surface area contributed by atoms with Gasteiger partial charge in [-0.3, -0.25) is 4.79 Å². The van der Waals surface area contributed by atoms with Crippen LogP contribution in [0.2, 0.25) is 0 Å². The summed E-state index contributed by atoms with van der Waals surface area (Å²) < 4.78 is 4.87. The standard InChI is InChI=1S/C7H11NO3/c1-3-4-11-5(2)6(8)7(9)10/h1,5-6H,4,8H2,2H3,(H,9,10). The van der Waals surface area contributed by atoms with Crippen molar-refractivity contribution in [2.24, 2.45) is 5.73 Å². The molecule has 11 heavy (non-hydrogen) atoms. The smallest absolute Gasteiger partial charge is 0.323 e. The molecule has 3 N–H and O–H groups in total. The largest absolute Gasteiger partial charge is 0.480 e. The first kappa shape index (κ1) is 9.95. The van der Waals surface area contributed by atoms with Crippen LogP contribution in [-0.4, -0.2) is 29.8 Å². The lowest BCUT2D eigenvalue weighted by Gasteiger charge is -2.14. The van der Waals surface area contributed by atoms with Crippen LogP contribution in [0.3, 0.4) is 0 Å². The van der Waals surface area contributed by atoms with Crippen LogP contribution in [0, 0.1) is 12.3 Å². The van der Waals surface area contributed by atoms with Crippen LogP contribution in [0.15, 0.2) is 0 Å². The van der Waals surface area contributed by atoms with Gasteiger partial charge in [0.25, 0.3) is 0 Å². The highest BCUT2D eigenvalue weighted by Crippen LogP contribution is 1.95. The Balaban J connectivity index is 3.75. The average molecular weight is 157 g/mol. The van der Waals surface area contributed by atoms with E-state index in [9.17, 15) is 4.79 Å². The van der Waals surface area contributed by atoms with Crippen molar-refractivity contribution < 1.29 is 14.6 Å². The molecule has 0 aliphatic heterocycles. The maximum atomic E-state index is 10.2. The maximum absolute atomic E-state index is 10.2. The average Bonchev–Trinajstić information content (AvgIpc) is 1.98. The van der Waals surface area contributed by atoms with E-state index in [-0.39, 0.29) is 6.61 Å². The molecule has 4 nitrogen and oxygen atoms in total. The molecule has 2 atom stereocenters. The maximum Gasteiger partial charge on any atom is 0.323 e. The van der Waals surface area contributed by atoms with Crippen LogP contribution >= 0.6 is 0 Å². The first-order valence-electron chi connectivity index (χ1n) is 3.13. The third-order valence-electron chi connectivity index (χ3n) is 1.22. The van der Waals surface area contributed by atoms with Crippen molar-refractivity contribution in [3.8, 4) is 12.3 Å². The Hall–Kier alpha value is -1.05. The first-order chi connectivity index (χ1) is 5.09. The van der Waals surface area contributed by atoms with Gasteiger partial charge in [0.05, 0.1) is 6.10 Å². The minimum atomic E-state index is -1.09. The number of terminal acetylenes is 1. The van der Waals surface area contributed by atoms with E-state index in [1.165, 1.54) is 0 Å². The SMILES string of the molecule is C#CCOC(C)C(N)C(=O)O. The lowest BCUT2D eigenvalue weighted by molar-refractivity contribution is -0.141. The summed E-state index contributed by atoms with van der Waals surface area (Å²) in [5.41, 5.74) is 5.21. The second kappa shape index (κ2) is 4.72. The van der Waals surface area contributed by atoms with Crippen LogP contribution < -0.4 is 5.73 Å². The molecule has 0 spiro atoms. The van der Waals surface area contributed by atoms with E-state index < -0.39 is 18.1 Å². The number of hydrogen-bond donors (Lipinski definition) is 2. The van der Waals surface area contributed by atoms with E-state index in [0.29, 0.717) is 0 Å². The first-order valence-corrected chi connectivity index (χ1v) is 3.13. The number of carbonyl (C=O) groups is 1. The number of rotatable bonds is 4. The molecule has 0 aromatic rings. The minimum absolute atomic E-state index is 0.0855. The van der Waals surface area contributed by atoms with Crippen LogP contribution in [0.1, 0.15) is 6.92 Å². The fraction of sp³-hybridized carbons (Fsp3) is 0.571. The van der Waals surface area contributed by atoms with Gasteiger partial charge in [-0.1, -0.05) is 5.92 Å². The number of nitrogens with two attached hydrogens (primary N) is 1. The van der Waals surface area contributed by atoms with Gasteiger partial charge in [0.15, 0.2) is 0 Å². The van der Waals surface area contributed by atoms with E-state index in [2.05, 4.69) is 5.92 Å². The summed E-state index contributed by atoms with van der Waals surface area (Å²) in [5, 5.41) is 8.40. The van der Waals surface area contributed by atoms with Crippen molar-refractivity contribution in [1.29, 1.82) is 0 Å². The van der Waals surface area contributed by atoms with Gasteiger partial charge >= 0.3 is 5.97 Å². The molecule has 0 bridgehead atoms. The predicted molar refractivity (Wildman–Crippen MR) is 39.9 cm³/mol. The van der Waals surface area contributed by atoms with Gasteiger partial charge in [0, 0.05) is 0 Å². The van der Waals surface area contributed by atoms with Crippen LogP contribution in [0.4, 0.5) is 0 Å². The summed E-state index contributed by atoms with van der Waals surface area (Å²) >= 11 is 0. The van der Waals surface area contributed by atoms with Crippen LogP contribution in [-0.2, 0) is 9.53 Å². The molecule has 0 aromatic heterocycles. The van der Waals surface area contributed by atoms with Gasteiger partial charge in [-0.25, -0.2) is 0 Å². The van der Waals surface area contributed by atoms with Crippen LogP contribution in [0.25, 0.3) is 0 Å². The summed E-state index contributed by atoms with van der Waals surface area (Å²) in [5.74, 6) is 1.13. The van der Waals surface area contributed by atoms with Crippen molar-refractivity contribution in [1.82, 2.24) is 0 Å². The highest BCUT2D eigenvalue weighted by atomic mass is 16.5. The molecule has 0 amide bonds. The van der Waals surface area contributed by atoms with Crippen molar-refractivity contribution in [2.75, 3.05) is 6.61 Å². The number of carboxylic acid groups (broad SMARTS) is 1. The topological polar surface area (TPSA) is 72.5 Å². The molecule has 0 aliphatic carbocycles. The van der Waals surface area contributed by atoms with Crippen molar-refractivity contribution in [2.45, 2.75) is 19.1 Å². The molecule has 0 radical (unpaired) electrons. The molecule has 0 saturated carbocycles. The Bertz CT molecular complexity index is 173. The Morgan fingerprint density at radius 1 is 1.91 bits per heavy atom. The highest BCUT2D eigenvalue weighted by Gasteiger charge is 2.19. The summed E-state index contributed by atoms with van der Waals surface area (Å²) in [6.07, 6.45) is 4.34. The van der Waals surface area contributed by atoms with Gasteiger partial charge in [-0.05, 0) is 6.92 Å². The number of hydrogen-bond acceptors (Lipinski definition) is 3. The molecule has 0 aliphatic rings. The summed E-state index contributed by atoms with van der Waals surface area (Å²) in [7, 11) is 0. The number of aliphatic carboxylic acids is 1. The van der Waals surface area contributed by atoms with E-state index in [0.717, 1.165) is 0 Å². The molecule has 2 unspecified atom stereocenters. The summed E-state index contributed by atoms with van der Waals surface area (Å²) in [6.45, 7) is 1.65. The Labute approximate surface area is 65.3 Å². The molecule has 0 heterocycles. The fourth-order valence-corrected chi connectivity index (χ4v) is 0.484. The third-order valence-corrected chi connectivity index (χ3v) is 1.22. The monoisotopic (exact) mass is 157 g/mol. The normalized spacial score (nSPS) is 15.0. The van der Waals surface area contributed by atoms with Crippen molar-refractivity contribution in [3.63, 3.8) is 0 Å². The van der Waals surface area contributed by atoms with Gasteiger partial charge in [0.2, 0.25) is 0 Å². The van der Waals surface area contributed by atoms with E-state index in [1.54, 1.807) is 6.92 Å². The van der Waals surface area contributed by atoms with E-state index >= 15 is 0 Å². The molecular formula is C7H11NO3. The number of carboxylic acids is 1. The number of ether oxygens (including phenoxy) is 1. The van der Waals surface area contributed by atoms with E-state index in [1.807, 2.05) is 0 Å². The Morgan fingerprint density at radius 2 is 2.45 bits per heavy atom. The lowest BCUT2D eigenvalue weighted by atomic mass is 10.2. The highest BCUT2D eigenvalue weighted by molar-refractivity contribution is 5.73. The second-order valence-electron chi connectivity index (χ2n) is 2.08. The minimum Gasteiger partial charge on any atom is -0.480 e. The fourth-order valence-electron chi connectivity index (χ4n) is 0.484. The van der Waals surface area contributed by atoms with Gasteiger partial charge in [-0.15, -0.1) is 6.42 Å². The molecule has 0 saturated heterocycles. The summed E-state index contributed by atoms with van der Waals surface area (Å²) in [4.78, 5) is 10.2. The molecule has 62 valence electrons. The Kier molecular flexibility index (Phi) is 4.27. The molecule has 0 fully saturated rings. The quantitative estimate of drug-likeness (QED) is 0.536. The second-order valence-corrected chi connectivity index (χ2v) is 2.08. The van der Waals surface area contributed by atoms with Crippen molar-refractivity contribution >= 4 is 5.97 Å². The zero-order valence-corrected chi connectivity index (χ0v) is 6.28. The zero-order chi connectivity index (χ0) is 8.85. The predicted octanol–water partition coefficient (Wildman–Crippen LogP) is -0.563. The van der Waals surface area contributed by atoms with E-state index in [4.69, 9.17) is 22.0 Å². The van der Waals surface area contributed by atoms with Gasteiger partial charge in [-0.2, -0.15) is 0 Å². The third kappa shape index (κ3) is 3.61.